The van der Waals surface area contributed by atoms with Gasteiger partial charge >= 0.3 is 11.9 Å². The van der Waals surface area contributed by atoms with Crippen LogP contribution in [0.5, 0.6) is 0 Å². The van der Waals surface area contributed by atoms with Crippen molar-refractivity contribution in [1.82, 2.24) is 0 Å². The molecular formula is C8H17AlO3. The Hall–Kier alpha value is -0.328. The Kier molecular flexibility index (Phi) is 8.68. The van der Waals surface area contributed by atoms with Crippen molar-refractivity contribution in [3.63, 3.8) is 0 Å². The van der Waals surface area contributed by atoms with Crippen molar-refractivity contribution < 1.29 is 14.3 Å². The average Bonchev–Trinajstić information content (AvgIpc) is 1.88. The van der Waals surface area contributed by atoms with Crippen LogP contribution in [0.4, 0.5) is 0 Å². The van der Waals surface area contributed by atoms with Crippen LogP contribution in [0.2, 0.25) is 0 Å². The zero-order chi connectivity index (χ0) is 8.85. The van der Waals surface area contributed by atoms with Gasteiger partial charge in [-0.2, -0.15) is 0 Å². The van der Waals surface area contributed by atoms with Crippen molar-refractivity contribution in [3.8, 4) is 0 Å². The molecule has 12 heavy (non-hydrogen) atoms. The molecule has 0 aliphatic heterocycles. The minimum absolute atomic E-state index is 0. The fraction of sp³-hybridized carbons (Fsp3) is 0.750. The number of carbonyl (C=O) groups is 2. The van der Waals surface area contributed by atoms with E-state index in [4.69, 9.17) is 0 Å². The van der Waals surface area contributed by atoms with Gasteiger partial charge in [0.25, 0.3) is 0 Å². The van der Waals surface area contributed by atoms with E-state index < -0.39 is 11.9 Å². The van der Waals surface area contributed by atoms with Crippen molar-refractivity contribution in [2.75, 3.05) is 0 Å². The maximum Gasteiger partial charge on any atom is 0.316 e. The molecule has 0 saturated carbocycles. The van der Waals surface area contributed by atoms with E-state index in [2.05, 4.69) is 4.74 Å². The predicted molar refractivity (Wildman–Crippen MR) is 50.8 cm³/mol. The molecule has 0 aromatic heterocycles. The summed E-state index contributed by atoms with van der Waals surface area (Å²) in [5, 5.41) is 0. The van der Waals surface area contributed by atoms with E-state index in [1.165, 1.54) is 6.92 Å². The minimum atomic E-state index is -0.526. The first-order valence-electron chi connectivity index (χ1n) is 3.84. The molecule has 0 N–H and O–H groups in total. The van der Waals surface area contributed by atoms with Gasteiger partial charge < -0.3 is 4.74 Å². The molecule has 0 aliphatic carbocycles. The molecule has 0 rings (SSSR count). The third kappa shape index (κ3) is 5.34. The Morgan fingerprint density at radius 1 is 1.25 bits per heavy atom. The van der Waals surface area contributed by atoms with E-state index in [-0.39, 0.29) is 23.3 Å². The topological polar surface area (TPSA) is 43.4 Å². The predicted octanol–water partition coefficient (Wildman–Crippen LogP) is 0.328. The number of rotatable bonds is 3. The molecule has 0 heterocycles. The standard InChI is InChI=1S/C8H14O3.Al.3H/c1-4-7(5-2)8(10)11-6(3)9;;;;/h7H,4-5H2,1-3H3;;;;. The van der Waals surface area contributed by atoms with Crippen LogP contribution >= 0.6 is 0 Å². The number of esters is 2. The largest absolute Gasteiger partial charge is 0.393 e. The van der Waals surface area contributed by atoms with E-state index in [0.717, 1.165) is 12.8 Å². The molecule has 0 bridgehead atoms. The molecule has 0 aromatic rings. The van der Waals surface area contributed by atoms with Crippen LogP contribution in [-0.4, -0.2) is 29.3 Å². The zero-order valence-electron chi connectivity index (χ0n) is 7.22. The van der Waals surface area contributed by atoms with Crippen LogP contribution in [0.1, 0.15) is 33.6 Å². The lowest BCUT2D eigenvalue weighted by molar-refractivity contribution is -0.161. The molecule has 0 aliphatic rings. The highest BCUT2D eigenvalue weighted by atomic mass is 27.0. The second kappa shape index (κ2) is 7.33. The van der Waals surface area contributed by atoms with Crippen molar-refractivity contribution in [1.29, 1.82) is 0 Å². The van der Waals surface area contributed by atoms with Crippen molar-refractivity contribution in [2.45, 2.75) is 33.6 Å². The number of ether oxygens (including phenoxy) is 1. The Bertz CT molecular complexity index is 152. The smallest absolute Gasteiger partial charge is 0.316 e. The lowest BCUT2D eigenvalue weighted by Gasteiger charge is -2.08. The van der Waals surface area contributed by atoms with Crippen LogP contribution < -0.4 is 0 Å². The molecule has 70 valence electrons. The minimum Gasteiger partial charge on any atom is -0.393 e. The van der Waals surface area contributed by atoms with Gasteiger partial charge in [-0.25, -0.2) is 0 Å². The van der Waals surface area contributed by atoms with Crippen LogP contribution in [0, 0.1) is 5.92 Å². The summed E-state index contributed by atoms with van der Waals surface area (Å²) in [7, 11) is 0. The SMILES string of the molecule is CCC(CC)C(=O)OC(C)=O.[AlH3]. The van der Waals surface area contributed by atoms with Gasteiger partial charge in [0.1, 0.15) is 0 Å². The third-order valence-corrected chi connectivity index (χ3v) is 1.56. The first-order chi connectivity index (χ1) is 5.11. The van der Waals surface area contributed by atoms with Crippen LogP contribution in [-0.2, 0) is 14.3 Å². The summed E-state index contributed by atoms with van der Waals surface area (Å²) in [6.07, 6.45) is 1.45. The second-order valence-electron chi connectivity index (χ2n) is 2.43. The summed E-state index contributed by atoms with van der Waals surface area (Å²) in [6, 6.07) is 0. The quantitative estimate of drug-likeness (QED) is 0.364. The molecule has 0 amide bonds. The molecule has 0 fully saturated rings. The Morgan fingerprint density at radius 2 is 1.67 bits per heavy atom. The molecule has 0 saturated heterocycles. The summed E-state index contributed by atoms with van der Waals surface area (Å²) in [6.45, 7) is 5.03. The van der Waals surface area contributed by atoms with Gasteiger partial charge in [0.05, 0.1) is 5.92 Å². The van der Waals surface area contributed by atoms with Crippen LogP contribution in [0.15, 0.2) is 0 Å². The monoisotopic (exact) mass is 188 g/mol. The van der Waals surface area contributed by atoms with Gasteiger partial charge in [-0.3, -0.25) is 9.59 Å². The van der Waals surface area contributed by atoms with Gasteiger partial charge in [0, 0.05) is 6.92 Å². The number of hydrogen-bond donors (Lipinski definition) is 0. The molecule has 0 radical (unpaired) electrons. The number of carbonyl (C=O) groups excluding carboxylic acids is 2. The van der Waals surface area contributed by atoms with Crippen molar-refractivity contribution in [3.05, 3.63) is 0 Å². The molecule has 0 unspecified atom stereocenters. The molecule has 3 nitrogen and oxygen atoms in total. The highest BCUT2D eigenvalue weighted by Crippen LogP contribution is 2.09. The molecule has 0 spiro atoms. The Morgan fingerprint density at radius 3 is 1.92 bits per heavy atom. The van der Waals surface area contributed by atoms with E-state index in [9.17, 15) is 9.59 Å². The molecular weight excluding hydrogens is 171 g/mol. The van der Waals surface area contributed by atoms with Gasteiger partial charge in [-0.05, 0) is 12.8 Å². The van der Waals surface area contributed by atoms with E-state index in [1.54, 1.807) is 0 Å². The highest BCUT2D eigenvalue weighted by molar-refractivity contribution is 5.85. The van der Waals surface area contributed by atoms with Gasteiger partial charge in [0.2, 0.25) is 0 Å². The first kappa shape index (κ1) is 14.2. The summed E-state index contributed by atoms with van der Waals surface area (Å²) in [5.74, 6) is -1.05. The van der Waals surface area contributed by atoms with Crippen LogP contribution in [0.3, 0.4) is 0 Å². The average molecular weight is 188 g/mol. The van der Waals surface area contributed by atoms with Gasteiger partial charge in [-0.1, -0.05) is 13.8 Å². The molecule has 0 atom stereocenters. The second-order valence-corrected chi connectivity index (χ2v) is 2.43. The summed E-state index contributed by atoms with van der Waals surface area (Å²) < 4.78 is 4.42. The summed E-state index contributed by atoms with van der Waals surface area (Å²) in [4.78, 5) is 21.3. The van der Waals surface area contributed by atoms with Crippen LogP contribution in [0.25, 0.3) is 0 Å². The van der Waals surface area contributed by atoms with Gasteiger partial charge in [0.15, 0.2) is 17.4 Å². The fourth-order valence-corrected chi connectivity index (χ4v) is 0.847. The third-order valence-electron chi connectivity index (χ3n) is 1.56. The lowest BCUT2D eigenvalue weighted by Crippen LogP contribution is -2.18. The summed E-state index contributed by atoms with van der Waals surface area (Å²) >= 11 is 0. The van der Waals surface area contributed by atoms with Crippen molar-refractivity contribution >= 4 is 29.3 Å². The van der Waals surface area contributed by atoms with E-state index >= 15 is 0 Å². The summed E-state index contributed by atoms with van der Waals surface area (Å²) in [5.41, 5.74) is 0. The first-order valence-corrected chi connectivity index (χ1v) is 3.84. The molecule has 0 aromatic carbocycles. The zero-order valence-corrected chi connectivity index (χ0v) is 7.22. The van der Waals surface area contributed by atoms with Crippen molar-refractivity contribution in [2.24, 2.45) is 5.92 Å². The number of hydrogen-bond acceptors (Lipinski definition) is 3. The molecule has 4 heteroatoms. The Labute approximate surface area is 83.6 Å². The normalized spacial score (nSPS) is 9.00. The maximum atomic E-state index is 11.0. The van der Waals surface area contributed by atoms with Gasteiger partial charge in [-0.15, -0.1) is 0 Å². The lowest BCUT2D eigenvalue weighted by atomic mass is 10.0. The fourth-order valence-electron chi connectivity index (χ4n) is 0.847. The van der Waals surface area contributed by atoms with E-state index in [0.29, 0.717) is 0 Å². The highest BCUT2D eigenvalue weighted by Gasteiger charge is 2.16. The Balaban J connectivity index is 0. The van der Waals surface area contributed by atoms with E-state index in [1.807, 2.05) is 13.8 Å². The maximum absolute atomic E-state index is 11.0.